The molecule has 374 valence electrons. The Morgan fingerprint density at radius 2 is 1.05 bits per heavy atom. The zero-order valence-corrected chi connectivity index (χ0v) is 45.0. The lowest BCUT2D eigenvalue weighted by molar-refractivity contribution is 0.523. The van der Waals surface area contributed by atoms with E-state index in [0.29, 0.717) is 11.1 Å². The molecule has 12 rings (SSSR count). The van der Waals surface area contributed by atoms with E-state index >= 15 is 17.6 Å². The maximum absolute atomic E-state index is 16.3. The molecule has 0 amide bonds. The first-order valence-corrected chi connectivity index (χ1v) is 27.1. The van der Waals surface area contributed by atoms with E-state index in [2.05, 4.69) is 157 Å². The average Bonchev–Trinajstić information content (AvgIpc) is 2.49. The van der Waals surface area contributed by atoms with Crippen LogP contribution in [0.25, 0.3) is 30.6 Å². The van der Waals surface area contributed by atoms with Crippen LogP contribution < -0.4 is 25.5 Å². The summed E-state index contributed by atoms with van der Waals surface area (Å²) < 4.78 is 95.3. The monoisotopic (exact) mass is 1030 g/mol. The van der Waals surface area contributed by atoms with Crippen molar-refractivity contribution in [3.8, 4) is 10.4 Å². The van der Waals surface area contributed by atoms with Gasteiger partial charge in [-0.25, -0.2) is 17.6 Å². The Morgan fingerprint density at radius 3 is 1.59 bits per heavy atom. The molecule has 0 bridgehead atoms. The van der Waals surface area contributed by atoms with Crippen molar-refractivity contribution in [2.24, 2.45) is 0 Å². The smallest absolute Gasteiger partial charge is 0.266 e. The summed E-state index contributed by atoms with van der Waals surface area (Å²) in [5.74, 6) is -5.26. The fourth-order valence-electron chi connectivity index (χ4n) is 11.7. The summed E-state index contributed by atoms with van der Waals surface area (Å²) in [6.07, 6.45) is 0. The molecular formula is C66H57BF4N2S2. The Balaban J connectivity index is 1.24. The molecule has 0 atom stereocenters. The summed E-state index contributed by atoms with van der Waals surface area (Å²) in [5.41, 5.74) is 10.2. The standard InChI is InChI=1S/C66H57BF4N2S2/c1-37-34-51-58-52(35-37)73(43-29-25-41(26-30-43)65(5,6)7)60-45-36-39(54(55-46(68)18-14-19-47(55)69)56-48(70)20-15-21-49(56)71)22-33-53(45)74-63(60)67(58)59-50(72(51)42-27-23-40(24-28-42)64(2,3)4)32-31-44-57(66(8,9)10)61(75-62(44)59)38-16-12-11-13-17-38/h11-36,54H,1-10H3/i1D3. The molecule has 9 heteroatoms. The third-order valence-electron chi connectivity index (χ3n) is 15.2. The predicted molar refractivity (Wildman–Crippen MR) is 311 cm³/mol. The van der Waals surface area contributed by atoms with Crippen molar-refractivity contribution in [3.63, 3.8) is 0 Å². The van der Waals surface area contributed by atoms with Crippen LogP contribution in [0.3, 0.4) is 0 Å². The van der Waals surface area contributed by atoms with Crippen LogP contribution in [0.15, 0.2) is 158 Å². The Morgan fingerprint density at radius 1 is 0.507 bits per heavy atom. The number of hydrogen-bond donors (Lipinski definition) is 0. The SMILES string of the molecule is [2H]C([2H])([2H])c1cc2c3c(c1)N(c1ccc(C(C)(C)C)cc1)c1c(sc4ccc(C(c5c(F)cccc5F)c5c(F)cccc5F)cc14)B3c1c(ccc3c(C(C)(C)C)c(-c4ccccc4)sc13)N2c1ccc(C(C)(C)C)cc1. The maximum atomic E-state index is 16.3. The van der Waals surface area contributed by atoms with Gasteiger partial charge in [0.25, 0.3) is 6.71 Å². The fourth-order valence-corrected chi connectivity index (χ4v) is 14.6. The van der Waals surface area contributed by atoms with Gasteiger partial charge in [-0.1, -0.05) is 141 Å². The molecule has 0 fully saturated rings. The lowest BCUT2D eigenvalue weighted by Gasteiger charge is -2.43. The minimum Gasteiger partial charge on any atom is -0.311 e. The molecule has 10 aromatic rings. The largest absolute Gasteiger partial charge is 0.311 e. The molecule has 2 nitrogen and oxygen atoms in total. The summed E-state index contributed by atoms with van der Waals surface area (Å²) >= 11 is 3.38. The first-order valence-electron chi connectivity index (χ1n) is 27.0. The summed E-state index contributed by atoms with van der Waals surface area (Å²) in [5, 5.41) is 1.81. The molecule has 8 aromatic carbocycles. The predicted octanol–water partition coefficient (Wildman–Crippen LogP) is 17.8. The molecule has 0 N–H and O–H groups in total. The van der Waals surface area contributed by atoms with Gasteiger partial charge < -0.3 is 9.80 Å². The van der Waals surface area contributed by atoms with Gasteiger partial charge in [-0.05, 0) is 152 Å². The van der Waals surface area contributed by atoms with E-state index in [0.717, 1.165) is 99.9 Å². The van der Waals surface area contributed by atoms with Crippen LogP contribution in [0.4, 0.5) is 51.7 Å². The number of halogens is 4. The zero-order chi connectivity index (χ0) is 55.1. The molecule has 2 aromatic heterocycles. The summed E-state index contributed by atoms with van der Waals surface area (Å²) in [4.78, 5) is 5.56. The van der Waals surface area contributed by atoms with Crippen LogP contribution in [0.5, 0.6) is 0 Å². The van der Waals surface area contributed by atoms with Gasteiger partial charge in [0.15, 0.2) is 0 Å². The highest BCUT2D eigenvalue weighted by Crippen LogP contribution is 2.53. The lowest BCUT2D eigenvalue weighted by atomic mass is 9.36. The van der Waals surface area contributed by atoms with E-state index in [1.54, 1.807) is 28.7 Å². The number of benzene rings is 8. The van der Waals surface area contributed by atoms with E-state index < -0.39 is 53.9 Å². The molecule has 0 saturated heterocycles. The number of thiophene rings is 2. The van der Waals surface area contributed by atoms with Crippen LogP contribution in [0, 0.1) is 30.1 Å². The van der Waals surface area contributed by atoms with Crippen LogP contribution in [0.2, 0.25) is 0 Å². The average molecular weight is 1030 g/mol. The molecule has 0 spiro atoms. The van der Waals surface area contributed by atoms with Gasteiger partial charge in [-0.3, -0.25) is 0 Å². The van der Waals surface area contributed by atoms with Crippen LogP contribution >= 0.6 is 22.7 Å². The second-order valence-corrected chi connectivity index (χ2v) is 25.3. The lowest BCUT2D eigenvalue weighted by Crippen LogP contribution is -2.60. The van der Waals surface area contributed by atoms with Gasteiger partial charge in [0.05, 0.1) is 5.69 Å². The molecule has 2 aliphatic rings. The first kappa shape index (κ1) is 45.5. The van der Waals surface area contributed by atoms with E-state index in [9.17, 15) is 0 Å². The van der Waals surface area contributed by atoms with Gasteiger partial charge >= 0.3 is 0 Å². The minimum absolute atomic E-state index is 0.128. The van der Waals surface area contributed by atoms with Crippen molar-refractivity contribution in [2.75, 3.05) is 9.80 Å². The molecule has 0 saturated carbocycles. The Labute approximate surface area is 450 Å². The molecule has 75 heavy (non-hydrogen) atoms. The molecule has 0 aliphatic carbocycles. The Kier molecular flexibility index (Phi) is 10.7. The van der Waals surface area contributed by atoms with Crippen LogP contribution in [0.1, 0.15) is 111 Å². The van der Waals surface area contributed by atoms with Crippen molar-refractivity contribution in [2.45, 2.75) is 91.3 Å². The van der Waals surface area contributed by atoms with Gasteiger partial charge in [0.2, 0.25) is 0 Å². The third-order valence-corrected chi connectivity index (χ3v) is 17.7. The number of hydrogen-bond acceptors (Lipinski definition) is 4. The third kappa shape index (κ3) is 7.94. The van der Waals surface area contributed by atoms with Gasteiger partial charge in [0, 0.05) is 74.0 Å². The van der Waals surface area contributed by atoms with Crippen molar-refractivity contribution >= 4 is 99.4 Å². The van der Waals surface area contributed by atoms with Crippen LogP contribution in [-0.4, -0.2) is 6.71 Å². The maximum Gasteiger partial charge on any atom is 0.266 e. The highest BCUT2D eigenvalue weighted by Gasteiger charge is 2.47. The van der Waals surface area contributed by atoms with Crippen molar-refractivity contribution in [1.82, 2.24) is 0 Å². The summed E-state index contributed by atoms with van der Waals surface area (Å²) in [6, 6.07) is 47.9. The molecular weight excluding hydrogens is 972 g/mol. The molecule has 0 radical (unpaired) electrons. The van der Waals surface area contributed by atoms with Gasteiger partial charge in [0.1, 0.15) is 23.3 Å². The van der Waals surface area contributed by atoms with E-state index in [1.165, 1.54) is 22.6 Å². The zero-order valence-electron chi connectivity index (χ0n) is 46.4. The van der Waals surface area contributed by atoms with E-state index in [4.69, 9.17) is 4.11 Å². The van der Waals surface area contributed by atoms with Gasteiger partial charge in [-0.2, -0.15) is 0 Å². The molecule has 0 unspecified atom stereocenters. The normalized spacial score (nSPS) is 14.3. The molecule has 4 heterocycles. The van der Waals surface area contributed by atoms with Crippen LogP contribution in [-0.2, 0) is 16.2 Å². The highest BCUT2D eigenvalue weighted by atomic mass is 32.1. The number of nitrogens with zero attached hydrogens (tertiary/aromatic N) is 2. The Bertz CT molecular complexity index is 3940. The topological polar surface area (TPSA) is 6.48 Å². The first-order chi connectivity index (χ1) is 36.9. The van der Waals surface area contributed by atoms with E-state index in [-0.39, 0.29) is 27.4 Å². The molecule has 2 aliphatic heterocycles. The summed E-state index contributed by atoms with van der Waals surface area (Å²) in [7, 11) is 0. The number of rotatable bonds is 6. The number of anilines is 6. The second-order valence-electron chi connectivity index (χ2n) is 23.2. The van der Waals surface area contributed by atoms with Gasteiger partial charge in [-0.15, -0.1) is 22.7 Å². The van der Waals surface area contributed by atoms with E-state index in [1.807, 2.05) is 30.3 Å². The Hall–Kier alpha value is -6.94. The highest BCUT2D eigenvalue weighted by molar-refractivity contribution is 7.35. The summed E-state index contributed by atoms with van der Waals surface area (Å²) in [6.45, 7) is 16.8. The van der Waals surface area contributed by atoms with Crippen molar-refractivity contribution < 1.29 is 21.7 Å². The quantitative estimate of drug-likeness (QED) is 0.0930. The number of fused-ring (bicyclic) bond motifs is 8. The minimum atomic E-state index is -2.54. The van der Waals surface area contributed by atoms with Crippen molar-refractivity contribution in [3.05, 3.63) is 220 Å². The number of aryl methyl sites for hydroxylation is 1. The fraction of sp³-hybridized carbons (Fsp3) is 0.212. The second kappa shape index (κ2) is 17.6. The van der Waals surface area contributed by atoms with Crippen molar-refractivity contribution in [1.29, 1.82) is 0 Å².